The summed E-state index contributed by atoms with van der Waals surface area (Å²) in [6.07, 6.45) is 4.52. The van der Waals surface area contributed by atoms with Gasteiger partial charge in [0, 0.05) is 5.92 Å². The van der Waals surface area contributed by atoms with Crippen molar-refractivity contribution in [2.75, 3.05) is 13.2 Å². The molecule has 2 aromatic carbocycles. The van der Waals surface area contributed by atoms with Crippen LogP contribution in [0, 0.1) is 0 Å². The molecule has 2 aromatic rings. The summed E-state index contributed by atoms with van der Waals surface area (Å²) in [5.74, 6) is 1.33. The van der Waals surface area contributed by atoms with Gasteiger partial charge in [0.1, 0.15) is 5.75 Å². The fraction of sp³-hybridized carbons (Fsp3) is 0.400. The van der Waals surface area contributed by atoms with Crippen LogP contribution in [0.15, 0.2) is 54.6 Å². The zero-order valence-corrected chi connectivity index (χ0v) is 13.5. The predicted molar refractivity (Wildman–Crippen MR) is 93.4 cm³/mol. The third-order valence-electron chi connectivity index (χ3n) is 3.95. The maximum absolute atomic E-state index is 5.97. The highest BCUT2D eigenvalue weighted by molar-refractivity contribution is 5.31. The van der Waals surface area contributed by atoms with Gasteiger partial charge in [0.15, 0.2) is 0 Å². The van der Waals surface area contributed by atoms with Gasteiger partial charge in [-0.3, -0.25) is 0 Å². The molecule has 0 amide bonds. The molecule has 0 aromatic heterocycles. The molecule has 1 unspecified atom stereocenters. The van der Waals surface area contributed by atoms with Gasteiger partial charge in [0.25, 0.3) is 0 Å². The zero-order valence-electron chi connectivity index (χ0n) is 13.5. The van der Waals surface area contributed by atoms with Crippen molar-refractivity contribution in [1.82, 2.24) is 0 Å². The normalized spacial score (nSPS) is 12.1. The largest absolute Gasteiger partial charge is 0.494 e. The Morgan fingerprint density at radius 3 is 2.55 bits per heavy atom. The average Bonchev–Trinajstić information content (AvgIpc) is 2.58. The molecular weight excluding hydrogens is 270 g/mol. The Kier molecular flexibility index (Phi) is 6.98. The topological polar surface area (TPSA) is 35.2 Å². The maximum Gasteiger partial charge on any atom is 0.119 e. The first-order valence-electron chi connectivity index (χ1n) is 8.30. The van der Waals surface area contributed by atoms with E-state index in [1.54, 1.807) is 0 Å². The Hall–Kier alpha value is -1.80. The molecule has 0 saturated heterocycles. The van der Waals surface area contributed by atoms with Crippen molar-refractivity contribution in [2.45, 2.75) is 38.5 Å². The van der Waals surface area contributed by atoms with Gasteiger partial charge in [-0.1, -0.05) is 62.2 Å². The number of nitrogens with two attached hydrogens (primary N) is 1. The van der Waals surface area contributed by atoms with Gasteiger partial charge >= 0.3 is 0 Å². The monoisotopic (exact) mass is 297 g/mol. The van der Waals surface area contributed by atoms with Gasteiger partial charge in [0.05, 0.1) is 6.61 Å². The van der Waals surface area contributed by atoms with E-state index in [1.807, 2.05) is 12.1 Å². The fourth-order valence-corrected chi connectivity index (χ4v) is 2.65. The van der Waals surface area contributed by atoms with E-state index < -0.39 is 0 Å². The number of benzene rings is 2. The summed E-state index contributed by atoms with van der Waals surface area (Å²) < 4.78 is 5.84. The first-order valence-corrected chi connectivity index (χ1v) is 8.30. The third-order valence-corrected chi connectivity index (χ3v) is 3.95. The lowest BCUT2D eigenvalue weighted by atomic mass is 9.92. The highest BCUT2D eigenvalue weighted by Crippen LogP contribution is 2.22. The molecule has 22 heavy (non-hydrogen) atoms. The number of rotatable bonds is 9. The van der Waals surface area contributed by atoms with Crippen molar-refractivity contribution >= 4 is 0 Å². The van der Waals surface area contributed by atoms with Gasteiger partial charge in [-0.05, 0) is 42.6 Å². The number of hydrogen-bond acceptors (Lipinski definition) is 2. The minimum absolute atomic E-state index is 0.358. The molecule has 0 saturated carbocycles. The molecule has 118 valence electrons. The van der Waals surface area contributed by atoms with Crippen LogP contribution in [0.25, 0.3) is 0 Å². The molecule has 0 radical (unpaired) electrons. The van der Waals surface area contributed by atoms with Gasteiger partial charge < -0.3 is 10.5 Å². The van der Waals surface area contributed by atoms with Crippen LogP contribution in [0.2, 0.25) is 0 Å². The highest BCUT2D eigenvalue weighted by atomic mass is 16.5. The molecule has 2 rings (SSSR count). The summed E-state index contributed by atoms with van der Waals surface area (Å²) >= 11 is 0. The van der Waals surface area contributed by atoms with Crippen LogP contribution in [-0.2, 0) is 6.42 Å². The number of ether oxygens (including phenoxy) is 1. The van der Waals surface area contributed by atoms with Crippen molar-refractivity contribution in [1.29, 1.82) is 0 Å². The van der Waals surface area contributed by atoms with Crippen LogP contribution in [0.5, 0.6) is 5.75 Å². The first kappa shape index (κ1) is 16.6. The second kappa shape index (κ2) is 9.26. The summed E-state index contributed by atoms with van der Waals surface area (Å²) in [6.45, 7) is 3.67. The zero-order chi connectivity index (χ0) is 15.6. The van der Waals surface area contributed by atoms with E-state index in [0.717, 1.165) is 25.2 Å². The number of hydrogen-bond donors (Lipinski definition) is 1. The van der Waals surface area contributed by atoms with Crippen molar-refractivity contribution in [3.05, 3.63) is 65.7 Å². The van der Waals surface area contributed by atoms with Crippen molar-refractivity contribution < 1.29 is 4.74 Å². The molecule has 0 heterocycles. The Labute approximate surface area is 134 Å². The molecule has 0 aliphatic rings. The summed E-state index contributed by atoms with van der Waals surface area (Å²) in [4.78, 5) is 0. The van der Waals surface area contributed by atoms with E-state index in [1.165, 1.54) is 24.0 Å². The molecule has 0 aliphatic carbocycles. The Balaban J connectivity index is 1.96. The van der Waals surface area contributed by atoms with Crippen LogP contribution >= 0.6 is 0 Å². The van der Waals surface area contributed by atoms with E-state index in [9.17, 15) is 0 Å². The van der Waals surface area contributed by atoms with Crippen LogP contribution in [0.1, 0.15) is 43.2 Å². The second-order valence-electron chi connectivity index (χ2n) is 5.75. The molecule has 0 spiro atoms. The lowest BCUT2D eigenvalue weighted by Gasteiger charge is -2.16. The fourth-order valence-electron chi connectivity index (χ4n) is 2.65. The van der Waals surface area contributed by atoms with Crippen LogP contribution in [0.3, 0.4) is 0 Å². The predicted octanol–water partition coefficient (Wildman–Crippen LogP) is 4.54. The van der Waals surface area contributed by atoms with E-state index in [-0.39, 0.29) is 0 Å². The minimum atomic E-state index is 0.358. The van der Waals surface area contributed by atoms with E-state index in [2.05, 4.69) is 49.4 Å². The molecule has 2 N–H and O–H groups in total. The lowest BCUT2D eigenvalue weighted by Crippen LogP contribution is -2.15. The molecule has 2 nitrogen and oxygen atoms in total. The Bertz CT molecular complexity index is 538. The summed E-state index contributed by atoms with van der Waals surface area (Å²) in [6, 6.07) is 18.9. The quantitative estimate of drug-likeness (QED) is 0.690. The van der Waals surface area contributed by atoms with E-state index in [0.29, 0.717) is 12.5 Å². The van der Waals surface area contributed by atoms with Crippen LogP contribution in [-0.4, -0.2) is 13.2 Å². The van der Waals surface area contributed by atoms with Gasteiger partial charge in [-0.25, -0.2) is 0 Å². The van der Waals surface area contributed by atoms with Gasteiger partial charge in [0.2, 0.25) is 0 Å². The van der Waals surface area contributed by atoms with E-state index >= 15 is 0 Å². The first-order chi connectivity index (χ1) is 10.8. The van der Waals surface area contributed by atoms with Crippen LogP contribution < -0.4 is 10.5 Å². The standard InChI is InChI=1S/C20H27NO/c1-2-3-7-13-22-20-12-8-9-17(15-20)14-19(16-21)18-10-5-4-6-11-18/h4-6,8-12,15,19H,2-3,7,13-14,16,21H2,1H3. The number of unbranched alkanes of at least 4 members (excludes halogenated alkanes) is 2. The van der Waals surface area contributed by atoms with Crippen LogP contribution in [0.4, 0.5) is 0 Å². The molecule has 2 heteroatoms. The smallest absolute Gasteiger partial charge is 0.119 e. The maximum atomic E-state index is 5.97. The molecule has 0 bridgehead atoms. The van der Waals surface area contributed by atoms with Crippen molar-refractivity contribution in [2.24, 2.45) is 5.73 Å². The van der Waals surface area contributed by atoms with Gasteiger partial charge in [-0.15, -0.1) is 0 Å². The molecule has 0 fully saturated rings. The lowest BCUT2D eigenvalue weighted by molar-refractivity contribution is 0.306. The molecule has 0 aliphatic heterocycles. The summed E-state index contributed by atoms with van der Waals surface area (Å²) in [7, 11) is 0. The molecule has 1 atom stereocenters. The summed E-state index contributed by atoms with van der Waals surface area (Å²) in [5.41, 5.74) is 8.56. The second-order valence-corrected chi connectivity index (χ2v) is 5.75. The van der Waals surface area contributed by atoms with Gasteiger partial charge in [-0.2, -0.15) is 0 Å². The Morgan fingerprint density at radius 1 is 1.00 bits per heavy atom. The summed E-state index contributed by atoms with van der Waals surface area (Å²) in [5, 5.41) is 0. The average molecular weight is 297 g/mol. The van der Waals surface area contributed by atoms with Crippen molar-refractivity contribution in [3.63, 3.8) is 0 Å². The minimum Gasteiger partial charge on any atom is -0.494 e. The third kappa shape index (κ3) is 5.19. The molecular formula is C20H27NO. The SMILES string of the molecule is CCCCCOc1cccc(CC(CN)c2ccccc2)c1. The highest BCUT2D eigenvalue weighted by Gasteiger charge is 2.10. The van der Waals surface area contributed by atoms with Crippen molar-refractivity contribution in [3.8, 4) is 5.75 Å². The van der Waals surface area contributed by atoms with E-state index in [4.69, 9.17) is 10.5 Å². The Morgan fingerprint density at radius 2 is 1.82 bits per heavy atom.